The van der Waals surface area contributed by atoms with Crippen LogP contribution in [0.3, 0.4) is 0 Å². The van der Waals surface area contributed by atoms with Gasteiger partial charge in [-0.1, -0.05) is 147 Å². The Morgan fingerprint density at radius 2 is 1.04 bits per heavy atom. The van der Waals surface area contributed by atoms with Gasteiger partial charge in [0.1, 0.15) is 0 Å². The summed E-state index contributed by atoms with van der Waals surface area (Å²) in [6.45, 7) is 6.92. The van der Waals surface area contributed by atoms with Crippen molar-refractivity contribution in [1.29, 1.82) is 0 Å². The summed E-state index contributed by atoms with van der Waals surface area (Å²) in [5.74, 6) is 0. The Labute approximate surface area is 300 Å². The third-order valence-electron chi connectivity index (χ3n) is 10.7. The van der Waals surface area contributed by atoms with Crippen LogP contribution in [-0.4, -0.2) is 9.97 Å². The lowest BCUT2D eigenvalue weighted by Crippen LogP contribution is -2.14. The third kappa shape index (κ3) is 5.41. The number of H-pyrrole nitrogens is 1. The smallest absolute Gasteiger partial charge is 0.0745 e. The molecule has 0 saturated carbocycles. The number of hydrogen-bond donors (Lipinski definition) is 1. The molecule has 2 heterocycles. The number of benzene rings is 6. The minimum absolute atomic E-state index is 0.0754. The summed E-state index contributed by atoms with van der Waals surface area (Å²) in [5, 5.41) is 0. The predicted octanol–water partition coefficient (Wildman–Crippen LogP) is 13.0. The largest absolute Gasteiger partial charge is 0.361 e. The predicted molar refractivity (Wildman–Crippen MR) is 214 cm³/mol. The highest BCUT2D eigenvalue weighted by Crippen LogP contribution is 2.50. The van der Waals surface area contributed by atoms with Crippen LogP contribution in [0, 0.1) is 6.92 Å². The van der Waals surface area contributed by atoms with Gasteiger partial charge in [-0.3, -0.25) is 0 Å². The summed E-state index contributed by atoms with van der Waals surface area (Å²) in [4.78, 5) is 8.71. The molecule has 6 aromatic carbocycles. The van der Waals surface area contributed by atoms with Crippen molar-refractivity contribution < 1.29 is 0 Å². The molecule has 1 aliphatic carbocycles. The highest BCUT2D eigenvalue weighted by Gasteiger charge is 2.35. The second-order valence-corrected chi connectivity index (χ2v) is 14.1. The molecule has 0 spiro atoms. The first kappa shape index (κ1) is 30.8. The van der Waals surface area contributed by atoms with Crippen LogP contribution < -0.4 is 0 Å². The maximum absolute atomic E-state index is 5.41. The van der Waals surface area contributed by atoms with E-state index in [4.69, 9.17) is 4.98 Å². The van der Waals surface area contributed by atoms with Crippen molar-refractivity contribution in [3.8, 4) is 78.3 Å². The maximum Gasteiger partial charge on any atom is 0.0745 e. The fraction of sp³-hybridized carbons (Fsp3) is 0.0816. The number of hydrogen-bond acceptors (Lipinski definition) is 1. The van der Waals surface area contributed by atoms with Crippen molar-refractivity contribution in [3.63, 3.8) is 0 Å². The van der Waals surface area contributed by atoms with Gasteiger partial charge in [0.15, 0.2) is 0 Å². The Morgan fingerprint density at radius 3 is 1.78 bits per heavy atom. The summed E-state index contributed by atoms with van der Waals surface area (Å²) in [6.07, 6.45) is 1.96. The molecule has 0 bridgehead atoms. The SMILES string of the molecule is Cc1c(-c2ccc3c(c2)C(C)(C)c2ccccc2-3)cc(-c2ccc(-c3ccc(-c4ccc[nH]4)cc3)cc2)nc1-c1cccc(-c2ccccc2)c1. The number of pyridine rings is 1. The molecule has 0 amide bonds. The van der Waals surface area contributed by atoms with Crippen LogP contribution >= 0.6 is 0 Å². The van der Waals surface area contributed by atoms with E-state index in [-0.39, 0.29) is 5.41 Å². The molecular formula is C49H38N2. The minimum atomic E-state index is -0.0754. The highest BCUT2D eigenvalue weighted by atomic mass is 14.7. The zero-order chi connectivity index (χ0) is 34.5. The molecule has 2 nitrogen and oxygen atoms in total. The molecule has 2 heteroatoms. The average molecular weight is 655 g/mol. The summed E-state index contributed by atoms with van der Waals surface area (Å²) in [7, 11) is 0. The van der Waals surface area contributed by atoms with E-state index in [0.29, 0.717) is 0 Å². The van der Waals surface area contributed by atoms with Gasteiger partial charge < -0.3 is 4.98 Å². The van der Waals surface area contributed by atoms with E-state index >= 15 is 0 Å². The standard InChI is InChI=1S/C49H38N2/c1-32-43(39-26-27-42-41-15-7-8-16-44(41)49(2,3)45(42)30-39)31-47(51-48(32)40-14-9-13-38(29-40)33-11-5-4-6-12-33)37-24-20-35(21-25-37)34-18-22-36(23-19-34)46-17-10-28-50-46/h4-31,50H,1-3H3. The van der Waals surface area contributed by atoms with E-state index in [1.165, 1.54) is 66.8 Å². The van der Waals surface area contributed by atoms with Gasteiger partial charge in [0.25, 0.3) is 0 Å². The molecule has 0 radical (unpaired) electrons. The first-order chi connectivity index (χ1) is 24.9. The van der Waals surface area contributed by atoms with Gasteiger partial charge >= 0.3 is 0 Å². The van der Waals surface area contributed by atoms with Gasteiger partial charge in [-0.2, -0.15) is 0 Å². The molecular weight excluding hydrogens is 617 g/mol. The number of aromatic amines is 1. The zero-order valence-electron chi connectivity index (χ0n) is 29.1. The normalized spacial score (nSPS) is 12.8. The van der Waals surface area contributed by atoms with E-state index in [1.54, 1.807) is 0 Å². The first-order valence-electron chi connectivity index (χ1n) is 17.7. The number of aromatic nitrogens is 2. The fourth-order valence-corrected chi connectivity index (χ4v) is 7.87. The Hall–Kier alpha value is -6.25. The van der Waals surface area contributed by atoms with E-state index in [2.05, 4.69) is 183 Å². The van der Waals surface area contributed by atoms with Crippen LogP contribution in [0.5, 0.6) is 0 Å². The lowest BCUT2D eigenvalue weighted by molar-refractivity contribution is 0.660. The van der Waals surface area contributed by atoms with Crippen molar-refractivity contribution in [3.05, 3.63) is 187 Å². The van der Waals surface area contributed by atoms with Gasteiger partial charge in [-0.15, -0.1) is 0 Å². The van der Waals surface area contributed by atoms with E-state index < -0.39 is 0 Å². The molecule has 9 rings (SSSR count). The molecule has 51 heavy (non-hydrogen) atoms. The molecule has 0 aliphatic heterocycles. The molecule has 8 aromatic rings. The van der Waals surface area contributed by atoms with Gasteiger partial charge in [0, 0.05) is 28.4 Å². The van der Waals surface area contributed by atoms with Crippen molar-refractivity contribution >= 4 is 0 Å². The van der Waals surface area contributed by atoms with E-state index in [0.717, 1.165) is 28.2 Å². The highest BCUT2D eigenvalue weighted by molar-refractivity contribution is 5.87. The van der Waals surface area contributed by atoms with Crippen LogP contribution in [0.15, 0.2) is 170 Å². The monoisotopic (exact) mass is 654 g/mol. The van der Waals surface area contributed by atoms with E-state index in [1.807, 2.05) is 12.3 Å². The Kier molecular flexibility index (Phi) is 7.40. The van der Waals surface area contributed by atoms with Crippen molar-refractivity contribution in [2.24, 2.45) is 0 Å². The van der Waals surface area contributed by atoms with E-state index in [9.17, 15) is 0 Å². The number of nitrogens with zero attached hydrogens (tertiary/aromatic N) is 1. The molecule has 0 saturated heterocycles. The lowest BCUT2D eigenvalue weighted by atomic mass is 9.81. The van der Waals surface area contributed by atoms with Crippen molar-refractivity contribution in [1.82, 2.24) is 9.97 Å². The summed E-state index contributed by atoms with van der Waals surface area (Å²) < 4.78 is 0. The Morgan fingerprint density at radius 1 is 0.431 bits per heavy atom. The molecule has 2 aromatic heterocycles. The zero-order valence-corrected chi connectivity index (χ0v) is 29.1. The third-order valence-corrected chi connectivity index (χ3v) is 10.7. The van der Waals surface area contributed by atoms with Gasteiger partial charge in [-0.05, 0) is 104 Å². The van der Waals surface area contributed by atoms with Crippen molar-refractivity contribution in [2.45, 2.75) is 26.2 Å². The second kappa shape index (κ2) is 12.3. The van der Waals surface area contributed by atoms with Crippen LogP contribution in [-0.2, 0) is 5.41 Å². The summed E-state index contributed by atoms with van der Waals surface area (Å²) in [5.41, 5.74) is 20.2. The molecule has 1 aliphatic rings. The minimum Gasteiger partial charge on any atom is -0.361 e. The van der Waals surface area contributed by atoms with Crippen LogP contribution in [0.4, 0.5) is 0 Å². The number of rotatable bonds is 6. The molecule has 0 atom stereocenters. The van der Waals surface area contributed by atoms with Gasteiger partial charge in [0.05, 0.1) is 11.4 Å². The first-order valence-corrected chi connectivity index (χ1v) is 17.7. The second-order valence-electron chi connectivity index (χ2n) is 14.1. The van der Waals surface area contributed by atoms with Gasteiger partial charge in [-0.25, -0.2) is 4.98 Å². The number of nitrogens with one attached hydrogen (secondary N) is 1. The van der Waals surface area contributed by atoms with Crippen LogP contribution in [0.2, 0.25) is 0 Å². The maximum atomic E-state index is 5.41. The summed E-state index contributed by atoms with van der Waals surface area (Å²) in [6, 6.07) is 59.3. The molecule has 0 unspecified atom stereocenters. The molecule has 244 valence electrons. The fourth-order valence-electron chi connectivity index (χ4n) is 7.87. The van der Waals surface area contributed by atoms with Crippen LogP contribution in [0.25, 0.3) is 78.3 Å². The quantitative estimate of drug-likeness (QED) is 0.190. The molecule has 0 fully saturated rings. The Balaban J connectivity index is 1.16. The average Bonchev–Trinajstić information content (AvgIpc) is 3.81. The van der Waals surface area contributed by atoms with Crippen molar-refractivity contribution in [2.75, 3.05) is 0 Å². The molecule has 1 N–H and O–H groups in total. The Bertz CT molecular complexity index is 2520. The van der Waals surface area contributed by atoms with Gasteiger partial charge in [0.2, 0.25) is 0 Å². The number of fused-ring (bicyclic) bond motifs is 3. The summed E-state index contributed by atoms with van der Waals surface area (Å²) >= 11 is 0. The van der Waals surface area contributed by atoms with Crippen LogP contribution in [0.1, 0.15) is 30.5 Å². The lowest BCUT2D eigenvalue weighted by Gasteiger charge is -2.22. The topological polar surface area (TPSA) is 28.7 Å².